The highest BCUT2D eigenvalue weighted by Gasteiger charge is 2.09. The lowest BCUT2D eigenvalue weighted by atomic mass is 10.1. The maximum atomic E-state index is 5.66. The van der Waals surface area contributed by atoms with Crippen molar-refractivity contribution in [1.82, 2.24) is 14.8 Å². The molecule has 0 spiro atoms. The summed E-state index contributed by atoms with van der Waals surface area (Å²) in [6.07, 6.45) is 2.87. The lowest BCUT2D eigenvalue weighted by molar-refractivity contribution is 0.746. The highest BCUT2D eigenvalue weighted by atomic mass is 15.3. The molecule has 0 fully saturated rings. The minimum atomic E-state index is 0.540. The molecule has 0 bridgehead atoms. The number of pyridine rings is 1. The Morgan fingerprint density at radius 2 is 2.20 bits per heavy atom. The SMILES string of the molecule is CCc1nn(C)cc1-c1cccc(N)n1. The normalized spacial score (nSPS) is 10.5. The van der Waals surface area contributed by atoms with E-state index in [1.54, 1.807) is 10.7 Å². The van der Waals surface area contributed by atoms with Crippen LogP contribution in [0.25, 0.3) is 11.3 Å². The average Bonchev–Trinajstić information content (AvgIpc) is 2.59. The Balaban J connectivity index is 2.53. The smallest absolute Gasteiger partial charge is 0.124 e. The van der Waals surface area contributed by atoms with Gasteiger partial charge in [-0.25, -0.2) is 4.98 Å². The van der Waals surface area contributed by atoms with Crippen LogP contribution < -0.4 is 5.73 Å². The molecule has 0 radical (unpaired) electrons. The first-order valence-electron chi connectivity index (χ1n) is 4.96. The zero-order chi connectivity index (χ0) is 10.8. The van der Waals surface area contributed by atoms with E-state index >= 15 is 0 Å². The molecular weight excluding hydrogens is 188 g/mol. The summed E-state index contributed by atoms with van der Waals surface area (Å²) in [5.41, 5.74) is 8.66. The first-order chi connectivity index (χ1) is 7.20. The van der Waals surface area contributed by atoms with Gasteiger partial charge in [0.1, 0.15) is 5.82 Å². The van der Waals surface area contributed by atoms with Crippen molar-refractivity contribution < 1.29 is 0 Å². The highest BCUT2D eigenvalue weighted by Crippen LogP contribution is 2.21. The van der Waals surface area contributed by atoms with Crippen molar-refractivity contribution in [3.63, 3.8) is 0 Å². The summed E-state index contributed by atoms with van der Waals surface area (Å²) in [6.45, 7) is 2.08. The summed E-state index contributed by atoms with van der Waals surface area (Å²) >= 11 is 0. The quantitative estimate of drug-likeness (QED) is 0.805. The zero-order valence-electron chi connectivity index (χ0n) is 8.94. The molecule has 2 N–H and O–H groups in total. The second kappa shape index (κ2) is 3.73. The molecular formula is C11H14N4. The number of nitrogen functional groups attached to an aromatic ring is 1. The molecule has 4 nitrogen and oxygen atoms in total. The van der Waals surface area contributed by atoms with Crippen LogP contribution in [-0.4, -0.2) is 14.8 Å². The predicted octanol–water partition coefficient (Wildman–Crippen LogP) is 1.63. The fraction of sp³-hybridized carbons (Fsp3) is 0.273. The van der Waals surface area contributed by atoms with Crippen LogP contribution in [0.2, 0.25) is 0 Å². The third-order valence-corrected chi connectivity index (χ3v) is 2.29. The van der Waals surface area contributed by atoms with Crippen molar-refractivity contribution >= 4 is 5.82 Å². The van der Waals surface area contributed by atoms with E-state index in [0.717, 1.165) is 23.4 Å². The van der Waals surface area contributed by atoms with Crippen molar-refractivity contribution in [2.24, 2.45) is 7.05 Å². The molecule has 0 saturated carbocycles. The molecule has 4 heteroatoms. The summed E-state index contributed by atoms with van der Waals surface area (Å²) in [5, 5.41) is 4.37. The van der Waals surface area contributed by atoms with Crippen LogP contribution in [0.4, 0.5) is 5.82 Å². The summed E-state index contributed by atoms with van der Waals surface area (Å²) in [4.78, 5) is 4.29. The van der Waals surface area contributed by atoms with Gasteiger partial charge in [-0.3, -0.25) is 4.68 Å². The molecule has 2 rings (SSSR count). The summed E-state index contributed by atoms with van der Waals surface area (Å²) in [6, 6.07) is 5.64. The number of nitrogens with two attached hydrogens (primary N) is 1. The van der Waals surface area contributed by atoms with Gasteiger partial charge in [-0.2, -0.15) is 5.10 Å². The van der Waals surface area contributed by atoms with Gasteiger partial charge in [-0.15, -0.1) is 0 Å². The van der Waals surface area contributed by atoms with Gasteiger partial charge in [-0.05, 0) is 18.6 Å². The van der Waals surface area contributed by atoms with E-state index in [2.05, 4.69) is 17.0 Å². The molecule has 0 atom stereocenters. The van der Waals surface area contributed by atoms with Gasteiger partial charge in [0.05, 0.1) is 11.4 Å². The van der Waals surface area contributed by atoms with Crippen LogP contribution >= 0.6 is 0 Å². The molecule has 0 aliphatic heterocycles. The predicted molar refractivity (Wildman–Crippen MR) is 60.2 cm³/mol. The Morgan fingerprint density at radius 1 is 1.40 bits per heavy atom. The van der Waals surface area contributed by atoms with Crippen LogP contribution in [0.5, 0.6) is 0 Å². The zero-order valence-corrected chi connectivity index (χ0v) is 8.94. The van der Waals surface area contributed by atoms with Gasteiger partial charge in [-0.1, -0.05) is 13.0 Å². The van der Waals surface area contributed by atoms with Crippen molar-refractivity contribution in [2.75, 3.05) is 5.73 Å². The van der Waals surface area contributed by atoms with Crippen LogP contribution in [0, 0.1) is 0 Å². The standard InChI is InChI=1S/C11H14N4/c1-3-9-8(7-15(2)14-9)10-5-4-6-11(12)13-10/h4-7H,3H2,1-2H3,(H2,12,13). The van der Waals surface area contributed by atoms with Gasteiger partial charge in [0.25, 0.3) is 0 Å². The number of nitrogens with zero attached hydrogens (tertiary/aromatic N) is 3. The fourth-order valence-corrected chi connectivity index (χ4v) is 1.61. The van der Waals surface area contributed by atoms with Crippen LogP contribution in [0.15, 0.2) is 24.4 Å². The molecule has 0 amide bonds. The van der Waals surface area contributed by atoms with Gasteiger partial charge in [0, 0.05) is 18.8 Å². The Bertz CT molecular complexity index is 473. The summed E-state index contributed by atoms with van der Waals surface area (Å²) in [5.74, 6) is 0.540. The van der Waals surface area contributed by atoms with Gasteiger partial charge in [0.15, 0.2) is 0 Å². The fourth-order valence-electron chi connectivity index (χ4n) is 1.61. The van der Waals surface area contributed by atoms with E-state index in [0.29, 0.717) is 5.82 Å². The minimum absolute atomic E-state index is 0.540. The Morgan fingerprint density at radius 3 is 2.87 bits per heavy atom. The highest BCUT2D eigenvalue weighted by molar-refractivity contribution is 5.62. The Labute approximate surface area is 88.8 Å². The molecule has 2 heterocycles. The largest absolute Gasteiger partial charge is 0.384 e. The minimum Gasteiger partial charge on any atom is -0.384 e. The number of aryl methyl sites for hydroxylation is 2. The maximum absolute atomic E-state index is 5.66. The van der Waals surface area contributed by atoms with E-state index in [1.165, 1.54) is 0 Å². The topological polar surface area (TPSA) is 56.7 Å². The number of aromatic nitrogens is 3. The monoisotopic (exact) mass is 202 g/mol. The van der Waals surface area contributed by atoms with Crippen molar-refractivity contribution in [3.05, 3.63) is 30.1 Å². The van der Waals surface area contributed by atoms with E-state index in [1.807, 2.05) is 25.4 Å². The van der Waals surface area contributed by atoms with Crippen LogP contribution in [0.1, 0.15) is 12.6 Å². The van der Waals surface area contributed by atoms with E-state index < -0.39 is 0 Å². The molecule has 0 aromatic carbocycles. The van der Waals surface area contributed by atoms with Gasteiger partial charge in [0.2, 0.25) is 0 Å². The van der Waals surface area contributed by atoms with E-state index in [-0.39, 0.29) is 0 Å². The lowest BCUT2D eigenvalue weighted by Gasteiger charge is -2.00. The first-order valence-corrected chi connectivity index (χ1v) is 4.96. The molecule has 0 aliphatic carbocycles. The van der Waals surface area contributed by atoms with Gasteiger partial charge >= 0.3 is 0 Å². The number of rotatable bonds is 2. The van der Waals surface area contributed by atoms with Crippen molar-refractivity contribution in [2.45, 2.75) is 13.3 Å². The Kier molecular flexibility index (Phi) is 2.41. The molecule has 0 unspecified atom stereocenters. The molecule has 2 aromatic heterocycles. The Hall–Kier alpha value is -1.84. The van der Waals surface area contributed by atoms with Gasteiger partial charge < -0.3 is 5.73 Å². The average molecular weight is 202 g/mol. The molecule has 0 aliphatic rings. The first kappa shape index (κ1) is 9.71. The van der Waals surface area contributed by atoms with Crippen molar-refractivity contribution in [3.8, 4) is 11.3 Å². The van der Waals surface area contributed by atoms with E-state index in [9.17, 15) is 0 Å². The third-order valence-electron chi connectivity index (χ3n) is 2.29. The van der Waals surface area contributed by atoms with Crippen LogP contribution in [-0.2, 0) is 13.5 Å². The molecule has 78 valence electrons. The second-order valence-corrected chi connectivity index (χ2v) is 3.46. The molecule has 2 aromatic rings. The number of hydrogen-bond donors (Lipinski definition) is 1. The summed E-state index contributed by atoms with van der Waals surface area (Å²) in [7, 11) is 1.91. The summed E-state index contributed by atoms with van der Waals surface area (Å²) < 4.78 is 1.80. The van der Waals surface area contributed by atoms with Crippen molar-refractivity contribution in [1.29, 1.82) is 0 Å². The van der Waals surface area contributed by atoms with Crippen LogP contribution in [0.3, 0.4) is 0 Å². The number of anilines is 1. The van der Waals surface area contributed by atoms with E-state index in [4.69, 9.17) is 5.73 Å². The molecule has 15 heavy (non-hydrogen) atoms. The molecule has 0 saturated heterocycles. The second-order valence-electron chi connectivity index (χ2n) is 3.46. The maximum Gasteiger partial charge on any atom is 0.124 e. The number of hydrogen-bond acceptors (Lipinski definition) is 3. The third kappa shape index (κ3) is 1.83. The lowest BCUT2D eigenvalue weighted by Crippen LogP contribution is -1.92.